The number of benzene rings is 1. The summed E-state index contributed by atoms with van der Waals surface area (Å²) in [4.78, 5) is 7.15. The van der Waals surface area contributed by atoms with Gasteiger partial charge < -0.3 is 20.1 Å². The largest absolute Gasteiger partial charge is 0.372 e. The second kappa shape index (κ2) is 13.5. The van der Waals surface area contributed by atoms with Crippen LogP contribution in [-0.4, -0.2) is 46.9 Å². The van der Waals surface area contributed by atoms with Crippen molar-refractivity contribution in [3.8, 4) is 0 Å². The molecule has 0 atom stereocenters. The number of rotatable bonds is 9. The minimum Gasteiger partial charge on any atom is -0.372 e. The van der Waals surface area contributed by atoms with Gasteiger partial charge in [-0.2, -0.15) is 0 Å². The number of halogens is 1. The number of aliphatic imine (C=N–C) groups is 1. The van der Waals surface area contributed by atoms with Crippen molar-refractivity contribution in [2.75, 3.05) is 31.1 Å². The van der Waals surface area contributed by atoms with Crippen LogP contribution in [0.3, 0.4) is 0 Å². The number of anilines is 1. The maximum Gasteiger partial charge on any atom is 0.191 e. The molecule has 1 aliphatic heterocycles. The zero-order valence-electron chi connectivity index (χ0n) is 18.3. The Labute approximate surface area is 197 Å². The molecule has 0 saturated carbocycles. The fourth-order valence-electron chi connectivity index (χ4n) is 3.74. The first kappa shape index (κ1) is 24.4. The predicted molar refractivity (Wildman–Crippen MR) is 135 cm³/mol. The van der Waals surface area contributed by atoms with Crippen LogP contribution in [0.2, 0.25) is 0 Å². The van der Waals surface area contributed by atoms with Gasteiger partial charge in [-0.1, -0.05) is 24.6 Å². The smallest absolute Gasteiger partial charge is 0.191 e. The van der Waals surface area contributed by atoms with Crippen molar-refractivity contribution in [1.29, 1.82) is 0 Å². The Kier molecular flexibility index (Phi) is 11.0. The molecule has 8 heteroatoms. The van der Waals surface area contributed by atoms with E-state index in [1.54, 1.807) is 0 Å². The van der Waals surface area contributed by atoms with E-state index in [-0.39, 0.29) is 24.0 Å². The van der Waals surface area contributed by atoms with E-state index in [0.29, 0.717) is 6.54 Å². The standard InChI is InChI=1S/C22H35N7.HI/c1-3-23-22(24-15-11-16-28(4-2)19-12-7-5-8-13-19)25-18-21-27-26-20-14-9-6-10-17-29(20)21;/h5,7-8,12-13H,3-4,6,9-11,14-18H2,1-2H3,(H2,23,24,25);1H. The van der Waals surface area contributed by atoms with Crippen LogP contribution in [0.25, 0.3) is 0 Å². The molecule has 7 nitrogen and oxygen atoms in total. The number of nitrogens with zero attached hydrogens (tertiary/aromatic N) is 5. The normalized spacial score (nSPS) is 13.7. The molecule has 0 radical (unpaired) electrons. The molecule has 0 saturated heterocycles. The lowest BCUT2D eigenvalue weighted by Crippen LogP contribution is -2.39. The number of aryl methyl sites for hydroxylation is 1. The van der Waals surface area contributed by atoms with Gasteiger partial charge in [-0.3, -0.25) is 0 Å². The summed E-state index contributed by atoms with van der Waals surface area (Å²) in [5, 5.41) is 15.6. The lowest BCUT2D eigenvalue weighted by molar-refractivity contribution is 0.605. The number of hydrogen-bond acceptors (Lipinski definition) is 4. The van der Waals surface area contributed by atoms with Gasteiger partial charge in [0.15, 0.2) is 11.8 Å². The second-order valence-electron chi connectivity index (χ2n) is 7.39. The molecule has 3 rings (SSSR count). The third-order valence-electron chi connectivity index (χ3n) is 5.31. The van der Waals surface area contributed by atoms with Crippen LogP contribution >= 0.6 is 24.0 Å². The van der Waals surface area contributed by atoms with Crippen LogP contribution < -0.4 is 15.5 Å². The average molecular weight is 525 g/mol. The van der Waals surface area contributed by atoms with E-state index in [1.165, 1.54) is 24.9 Å². The number of guanidine groups is 1. The van der Waals surface area contributed by atoms with Gasteiger partial charge in [-0.05, 0) is 45.2 Å². The van der Waals surface area contributed by atoms with Crippen LogP contribution in [0, 0.1) is 0 Å². The van der Waals surface area contributed by atoms with Gasteiger partial charge in [0.1, 0.15) is 12.4 Å². The number of aromatic nitrogens is 3. The Morgan fingerprint density at radius 2 is 1.93 bits per heavy atom. The summed E-state index contributed by atoms with van der Waals surface area (Å²) in [5.74, 6) is 2.94. The minimum absolute atomic E-state index is 0. The van der Waals surface area contributed by atoms with Crippen LogP contribution in [-0.2, 0) is 19.5 Å². The van der Waals surface area contributed by atoms with E-state index >= 15 is 0 Å². The quantitative estimate of drug-likeness (QED) is 0.227. The zero-order chi connectivity index (χ0) is 20.3. The Morgan fingerprint density at radius 1 is 1.10 bits per heavy atom. The van der Waals surface area contributed by atoms with Crippen molar-refractivity contribution >= 4 is 35.6 Å². The first-order valence-corrected chi connectivity index (χ1v) is 11.0. The molecule has 0 aliphatic carbocycles. The topological polar surface area (TPSA) is 70.4 Å². The molecule has 1 aromatic carbocycles. The zero-order valence-corrected chi connectivity index (χ0v) is 20.6. The fraction of sp³-hybridized carbons (Fsp3) is 0.591. The Balaban J connectivity index is 0.00000320. The molecule has 0 bridgehead atoms. The lowest BCUT2D eigenvalue weighted by Gasteiger charge is -2.23. The van der Waals surface area contributed by atoms with Gasteiger partial charge in [-0.15, -0.1) is 34.2 Å². The van der Waals surface area contributed by atoms with E-state index in [1.807, 2.05) is 0 Å². The van der Waals surface area contributed by atoms with Gasteiger partial charge in [0.05, 0.1) is 0 Å². The van der Waals surface area contributed by atoms with Crippen molar-refractivity contribution in [3.63, 3.8) is 0 Å². The summed E-state index contributed by atoms with van der Waals surface area (Å²) >= 11 is 0. The number of fused-ring (bicyclic) bond motifs is 1. The lowest BCUT2D eigenvalue weighted by atomic mass is 10.2. The van der Waals surface area contributed by atoms with Crippen LogP contribution in [0.15, 0.2) is 35.3 Å². The van der Waals surface area contributed by atoms with Crippen LogP contribution in [0.5, 0.6) is 0 Å². The predicted octanol–water partition coefficient (Wildman–Crippen LogP) is 3.59. The molecule has 2 aromatic rings. The Hall–Kier alpha value is -1.84. The van der Waals surface area contributed by atoms with E-state index < -0.39 is 0 Å². The third-order valence-corrected chi connectivity index (χ3v) is 5.31. The maximum atomic E-state index is 4.75. The van der Waals surface area contributed by atoms with Crippen LogP contribution in [0.1, 0.15) is 51.2 Å². The van der Waals surface area contributed by atoms with Crippen molar-refractivity contribution in [2.24, 2.45) is 4.99 Å². The van der Waals surface area contributed by atoms with Gasteiger partial charge in [0, 0.05) is 44.8 Å². The molecule has 1 aliphatic rings. The van der Waals surface area contributed by atoms with Gasteiger partial charge in [0.2, 0.25) is 0 Å². The molecule has 0 unspecified atom stereocenters. The van der Waals surface area contributed by atoms with Crippen molar-refractivity contribution in [3.05, 3.63) is 42.0 Å². The van der Waals surface area contributed by atoms with E-state index in [0.717, 1.165) is 63.2 Å². The number of nitrogens with one attached hydrogen (secondary N) is 2. The molecule has 2 N–H and O–H groups in total. The first-order valence-electron chi connectivity index (χ1n) is 11.0. The van der Waals surface area contributed by atoms with E-state index in [2.05, 4.69) is 74.5 Å². The number of para-hydroxylation sites is 1. The molecule has 30 heavy (non-hydrogen) atoms. The summed E-state index contributed by atoms with van der Waals surface area (Å²) < 4.78 is 2.26. The van der Waals surface area contributed by atoms with E-state index in [9.17, 15) is 0 Å². The van der Waals surface area contributed by atoms with Crippen molar-refractivity contribution in [2.45, 2.75) is 59.0 Å². The summed E-state index contributed by atoms with van der Waals surface area (Å²) in [6, 6.07) is 10.6. The van der Waals surface area contributed by atoms with E-state index in [4.69, 9.17) is 4.99 Å². The molecule has 0 spiro atoms. The van der Waals surface area contributed by atoms with Crippen LogP contribution in [0.4, 0.5) is 5.69 Å². The molecule has 1 aromatic heterocycles. The average Bonchev–Trinajstić information content (AvgIpc) is 2.98. The molecule has 166 valence electrons. The Morgan fingerprint density at radius 3 is 2.70 bits per heavy atom. The highest BCUT2D eigenvalue weighted by atomic mass is 127. The van der Waals surface area contributed by atoms with Gasteiger partial charge >= 0.3 is 0 Å². The highest BCUT2D eigenvalue weighted by Gasteiger charge is 2.14. The summed E-state index contributed by atoms with van der Waals surface area (Å²) in [5.41, 5.74) is 1.28. The molecule has 0 fully saturated rings. The number of hydrogen-bond donors (Lipinski definition) is 2. The Bertz CT molecular complexity index is 760. The highest BCUT2D eigenvalue weighted by molar-refractivity contribution is 14.0. The summed E-state index contributed by atoms with van der Waals surface area (Å²) in [6.07, 6.45) is 5.77. The summed E-state index contributed by atoms with van der Waals surface area (Å²) in [7, 11) is 0. The second-order valence-corrected chi connectivity index (χ2v) is 7.39. The summed E-state index contributed by atoms with van der Waals surface area (Å²) in [6.45, 7) is 9.63. The van der Waals surface area contributed by atoms with Gasteiger partial charge in [-0.25, -0.2) is 4.99 Å². The minimum atomic E-state index is 0. The molecule has 2 heterocycles. The maximum absolute atomic E-state index is 4.75. The SMILES string of the molecule is CCNC(=NCc1nnc2n1CCCCC2)NCCCN(CC)c1ccccc1.I. The third kappa shape index (κ3) is 7.14. The van der Waals surface area contributed by atoms with Crippen molar-refractivity contribution in [1.82, 2.24) is 25.4 Å². The van der Waals surface area contributed by atoms with Gasteiger partial charge in [0.25, 0.3) is 0 Å². The molecule has 0 amide bonds. The monoisotopic (exact) mass is 525 g/mol. The molecular weight excluding hydrogens is 489 g/mol. The fourth-order valence-corrected chi connectivity index (χ4v) is 3.74. The highest BCUT2D eigenvalue weighted by Crippen LogP contribution is 2.15. The molecular formula is C22H36IN7. The first-order chi connectivity index (χ1) is 14.3. The van der Waals surface area contributed by atoms with Crippen molar-refractivity contribution < 1.29 is 0 Å².